The zero-order valence-electron chi connectivity index (χ0n) is 17.8. The molecular formula is C24H28O7. The fraction of sp³-hybridized carbons (Fsp3) is 0.375. The lowest BCUT2D eigenvalue weighted by atomic mass is 9.94. The zero-order valence-corrected chi connectivity index (χ0v) is 17.8. The van der Waals surface area contributed by atoms with Crippen LogP contribution in [0, 0.1) is 5.41 Å². The number of hydrogen-bond donors (Lipinski definition) is 2. The highest BCUT2D eigenvalue weighted by molar-refractivity contribution is 6.14. The number of fused-ring (bicyclic) bond motifs is 1. The molecule has 2 aromatic rings. The van der Waals surface area contributed by atoms with Crippen LogP contribution in [0.5, 0.6) is 0 Å². The van der Waals surface area contributed by atoms with Crippen LogP contribution in [0.3, 0.4) is 0 Å². The Kier molecular flexibility index (Phi) is 8.90. The third kappa shape index (κ3) is 6.47. The van der Waals surface area contributed by atoms with Crippen LogP contribution in [0.2, 0.25) is 0 Å². The van der Waals surface area contributed by atoms with Gasteiger partial charge in [-0.1, -0.05) is 50.6 Å². The normalized spacial score (nSPS) is 12.5. The standard InChI is InChI=1S/C16H24O4.C8H4O3/c1-3-4-7-13-8-5-6-9-14(13)15(19)20-12-16(2,10-17)11-18;9-7-5-3-1-2-4-6(5)8(10)11-7/h5-6,8-9,17-18H,3-4,7,10-12H2,1-2H3;1-4H. The zero-order chi connectivity index (χ0) is 22.9. The molecule has 0 unspecified atom stereocenters. The molecule has 3 rings (SSSR count). The lowest BCUT2D eigenvalue weighted by Crippen LogP contribution is -2.32. The summed E-state index contributed by atoms with van der Waals surface area (Å²) in [5, 5.41) is 18.4. The second-order valence-electron chi connectivity index (χ2n) is 7.69. The van der Waals surface area contributed by atoms with E-state index in [-0.39, 0.29) is 19.8 Å². The lowest BCUT2D eigenvalue weighted by molar-refractivity contribution is -0.00637. The number of esters is 3. The van der Waals surface area contributed by atoms with Gasteiger partial charge in [0.1, 0.15) is 6.61 Å². The Labute approximate surface area is 181 Å². The summed E-state index contributed by atoms with van der Waals surface area (Å²) in [7, 11) is 0. The Morgan fingerprint density at radius 1 is 0.968 bits per heavy atom. The fourth-order valence-corrected chi connectivity index (χ4v) is 2.80. The van der Waals surface area contributed by atoms with E-state index in [9.17, 15) is 24.6 Å². The molecule has 7 nitrogen and oxygen atoms in total. The SMILES string of the molecule is CCCCc1ccccc1C(=O)OCC(C)(CO)CO.O=C1OC(=O)c2ccccc21. The molecule has 1 aliphatic rings. The van der Waals surface area contributed by atoms with E-state index in [0.717, 1.165) is 24.8 Å². The Balaban J connectivity index is 0.000000258. The summed E-state index contributed by atoms with van der Waals surface area (Å²) in [5.74, 6) is -1.50. The number of aliphatic hydroxyl groups excluding tert-OH is 2. The predicted molar refractivity (Wildman–Crippen MR) is 114 cm³/mol. The van der Waals surface area contributed by atoms with Crippen LogP contribution < -0.4 is 0 Å². The van der Waals surface area contributed by atoms with Gasteiger partial charge in [0.15, 0.2) is 0 Å². The van der Waals surface area contributed by atoms with E-state index in [4.69, 9.17) is 4.74 Å². The van der Waals surface area contributed by atoms with Gasteiger partial charge >= 0.3 is 17.9 Å². The summed E-state index contributed by atoms with van der Waals surface area (Å²) in [6, 6.07) is 13.9. The minimum Gasteiger partial charge on any atom is -0.461 e. The van der Waals surface area contributed by atoms with Gasteiger partial charge in [0.05, 0.1) is 29.9 Å². The largest absolute Gasteiger partial charge is 0.461 e. The van der Waals surface area contributed by atoms with Gasteiger partial charge in [0, 0.05) is 5.41 Å². The highest BCUT2D eigenvalue weighted by Gasteiger charge is 2.28. The number of aryl methyl sites for hydroxylation is 1. The molecule has 0 amide bonds. The van der Waals surface area contributed by atoms with E-state index in [1.807, 2.05) is 18.2 Å². The molecule has 0 aliphatic carbocycles. The molecule has 31 heavy (non-hydrogen) atoms. The van der Waals surface area contributed by atoms with Gasteiger partial charge < -0.3 is 19.7 Å². The smallest absolute Gasteiger partial charge is 0.346 e. The van der Waals surface area contributed by atoms with Crippen LogP contribution in [-0.4, -0.2) is 47.9 Å². The lowest BCUT2D eigenvalue weighted by Gasteiger charge is -2.24. The minimum absolute atomic E-state index is 0.000938. The molecule has 0 fully saturated rings. The highest BCUT2D eigenvalue weighted by Crippen LogP contribution is 2.19. The topological polar surface area (TPSA) is 110 Å². The quantitative estimate of drug-likeness (QED) is 0.491. The Bertz CT molecular complexity index is 883. The first-order valence-electron chi connectivity index (χ1n) is 10.2. The highest BCUT2D eigenvalue weighted by atomic mass is 16.6. The number of benzene rings is 2. The molecule has 0 saturated heterocycles. The van der Waals surface area contributed by atoms with Gasteiger partial charge in [0.25, 0.3) is 0 Å². The minimum atomic E-state index is -0.798. The molecule has 2 N–H and O–H groups in total. The van der Waals surface area contributed by atoms with Gasteiger partial charge in [-0.25, -0.2) is 14.4 Å². The van der Waals surface area contributed by atoms with Crippen molar-refractivity contribution in [1.29, 1.82) is 0 Å². The molecule has 166 valence electrons. The summed E-state index contributed by atoms with van der Waals surface area (Å²) in [4.78, 5) is 33.8. The van der Waals surface area contributed by atoms with Crippen molar-refractivity contribution in [1.82, 2.24) is 0 Å². The van der Waals surface area contributed by atoms with Crippen LogP contribution in [0.1, 0.15) is 63.3 Å². The third-order valence-corrected chi connectivity index (χ3v) is 4.90. The second-order valence-corrected chi connectivity index (χ2v) is 7.69. The fourth-order valence-electron chi connectivity index (χ4n) is 2.80. The summed E-state index contributed by atoms with van der Waals surface area (Å²) in [6.45, 7) is 3.32. The van der Waals surface area contributed by atoms with E-state index < -0.39 is 23.3 Å². The third-order valence-electron chi connectivity index (χ3n) is 4.90. The molecule has 0 saturated carbocycles. The monoisotopic (exact) mass is 428 g/mol. The van der Waals surface area contributed by atoms with Crippen molar-refractivity contribution < 1.29 is 34.1 Å². The Hall–Kier alpha value is -3.03. The molecule has 0 atom stereocenters. The van der Waals surface area contributed by atoms with Crippen LogP contribution >= 0.6 is 0 Å². The Morgan fingerprint density at radius 3 is 2.06 bits per heavy atom. The van der Waals surface area contributed by atoms with E-state index in [1.54, 1.807) is 37.3 Å². The van der Waals surface area contributed by atoms with Gasteiger partial charge in [-0.2, -0.15) is 0 Å². The van der Waals surface area contributed by atoms with Crippen molar-refractivity contribution in [3.63, 3.8) is 0 Å². The number of hydrogen-bond acceptors (Lipinski definition) is 7. The number of aliphatic hydroxyl groups is 2. The second kappa shape index (κ2) is 11.4. The van der Waals surface area contributed by atoms with Gasteiger partial charge in [-0.15, -0.1) is 0 Å². The predicted octanol–water partition coefficient (Wildman–Crippen LogP) is 3.17. The van der Waals surface area contributed by atoms with Crippen LogP contribution in [-0.2, 0) is 15.9 Å². The summed E-state index contributed by atoms with van der Waals surface area (Å²) in [5.41, 5.74) is 1.47. The number of unbranched alkanes of at least 4 members (excludes halogenated alkanes) is 1. The summed E-state index contributed by atoms with van der Waals surface area (Å²) in [6.07, 6.45) is 2.94. The first-order valence-corrected chi connectivity index (χ1v) is 10.2. The maximum Gasteiger partial charge on any atom is 0.346 e. The summed E-state index contributed by atoms with van der Waals surface area (Å²) >= 11 is 0. The molecule has 0 aromatic heterocycles. The van der Waals surface area contributed by atoms with Crippen molar-refractivity contribution in [2.75, 3.05) is 19.8 Å². The molecular weight excluding hydrogens is 400 g/mol. The first-order chi connectivity index (χ1) is 14.8. The summed E-state index contributed by atoms with van der Waals surface area (Å²) < 4.78 is 9.59. The average molecular weight is 428 g/mol. The van der Waals surface area contributed by atoms with E-state index in [0.29, 0.717) is 16.7 Å². The molecule has 0 bridgehead atoms. The molecule has 1 heterocycles. The Morgan fingerprint density at radius 2 is 1.52 bits per heavy atom. The van der Waals surface area contributed by atoms with Crippen LogP contribution in [0.4, 0.5) is 0 Å². The van der Waals surface area contributed by atoms with Gasteiger partial charge in [0.2, 0.25) is 0 Å². The number of ether oxygens (including phenoxy) is 2. The maximum absolute atomic E-state index is 12.1. The molecule has 1 aliphatic heterocycles. The molecule has 0 spiro atoms. The van der Waals surface area contributed by atoms with Crippen molar-refractivity contribution >= 4 is 17.9 Å². The van der Waals surface area contributed by atoms with Crippen molar-refractivity contribution in [3.8, 4) is 0 Å². The van der Waals surface area contributed by atoms with Crippen molar-refractivity contribution in [2.45, 2.75) is 33.1 Å². The van der Waals surface area contributed by atoms with Crippen molar-refractivity contribution in [3.05, 3.63) is 70.8 Å². The van der Waals surface area contributed by atoms with E-state index in [2.05, 4.69) is 11.7 Å². The molecule has 2 aromatic carbocycles. The average Bonchev–Trinajstić information content (AvgIpc) is 3.10. The maximum atomic E-state index is 12.1. The number of rotatable bonds is 8. The van der Waals surface area contributed by atoms with Gasteiger partial charge in [-0.3, -0.25) is 0 Å². The number of carbonyl (C=O) groups is 3. The van der Waals surface area contributed by atoms with Crippen LogP contribution in [0.15, 0.2) is 48.5 Å². The molecule has 0 radical (unpaired) electrons. The number of cyclic esters (lactones) is 2. The van der Waals surface area contributed by atoms with Crippen LogP contribution in [0.25, 0.3) is 0 Å². The van der Waals surface area contributed by atoms with E-state index in [1.165, 1.54) is 0 Å². The van der Waals surface area contributed by atoms with E-state index >= 15 is 0 Å². The van der Waals surface area contributed by atoms with Crippen molar-refractivity contribution in [2.24, 2.45) is 5.41 Å². The number of carbonyl (C=O) groups excluding carboxylic acids is 3. The first kappa shape index (κ1) is 24.2. The molecule has 7 heteroatoms. The van der Waals surface area contributed by atoms with Gasteiger partial charge in [-0.05, 0) is 36.6 Å².